The van der Waals surface area contributed by atoms with Crippen LogP contribution in [-0.4, -0.2) is 56.7 Å². The van der Waals surface area contributed by atoms with Gasteiger partial charge in [-0.15, -0.1) is 5.92 Å². The normalized spacial score (nSPS) is 15.4. The van der Waals surface area contributed by atoms with Crippen LogP contribution in [0.4, 0.5) is 5.95 Å². The number of fused-ring (bicyclic) bond motifs is 1. The zero-order valence-corrected chi connectivity index (χ0v) is 20.3. The second kappa shape index (κ2) is 10.6. The van der Waals surface area contributed by atoms with E-state index in [9.17, 15) is 19.2 Å². The zero-order valence-electron chi connectivity index (χ0n) is 20.3. The number of imidazole rings is 1. The van der Waals surface area contributed by atoms with Crippen molar-refractivity contribution in [2.45, 2.75) is 45.4 Å². The lowest BCUT2D eigenvalue weighted by Gasteiger charge is -2.31. The largest absolute Gasteiger partial charge is 0.468 e. The molecule has 3 aromatic rings. The van der Waals surface area contributed by atoms with E-state index in [0.717, 1.165) is 22.0 Å². The summed E-state index contributed by atoms with van der Waals surface area (Å²) in [7, 11) is 1.20. The molecule has 1 fully saturated rings. The average Bonchev–Trinajstić information content (AvgIpc) is 3.27. The van der Waals surface area contributed by atoms with Crippen LogP contribution in [0.25, 0.3) is 11.2 Å². The zero-order chi connectivity index (χ0) is 25.8. The Bertz CT molecular complexity index is 1470. The third-order valence-electron chi connectivity index (χ3n) is 6.16. The van der Waals surface area contributed by atoms with Crippen molar-refractivity contribution in [2.24, 2.45) is 5.73 Å². The highest BCUT2D eigenvalue weighted by Crippen LogP contribution is 2.23. The number of Topliss-reactive ketones (excluding diaryl/α,β-unsaturated/α-hetero) is 1. The summed E-state index contributed by atoms with van der Waals surface area (Å²) in [5.74, 6) is 5.10. The van der Waals surface area contributed by atoms with Gasteiger partial charge in [-0.25, -0.2) is 4.79 Å². The molecule has 0 aliphatic carbocycles. The predicted octanol–water partition coefficient (Wildman–Crippen LogP) is 0.366. The Morgan fingerprint density at radius 2 is 1.89 bits per heavy atom. The smallest absolute Gasteiger partial charge is 0.333 e. The van der Waals surface area contributed by atoms with Gasteiger partial charge in [0.05, 0.1) is 20.2 Å². The van der Waals surface area contributed by atoms with Crippen LogP contribution in [-0.2, 0) is 29.2 Å². The van der Waals surface area contributed by atoms with Gasteiger partial charge in [0.2, 0.25) is 5.95 Å². The Morgan fingerprint density at radius 3 is 2.56 bits per heavy atom. The molecule has 0 saturated carbocycles. The molecule has 11 heteroatoms. The second-order valence-corrected chi connectivity index (χ2v) is 8.57. The lowest BCUT2D eigenvalue weighted by atomic mass is 10.1. The number of nitrogens with zero attached hydrogens (tertiary/aromatic N) is 5. The molecule has 1 aliphatic rings. The molecule has 0 radical (unpaired) electrons. The quantitative estimate of drug-likeness (QED) is 0.284. The van der Waals surface area contributed by atoms with E-state index < -0.39 is 36.1 Å². The molecule has 11 nitrogen and oxygen atoms in total. The third-order valence-corrected chi connectivity index (χ3v) is 6.16. The number of carbonyl (C=O) groups excluding carboxylic acids is 2. The molecule has 1 atom stereocenters. The van der Waals surface area contributed by atoms with Crippen LogP contribution >= 0.6 is 0 Å². The first kappa shape index (κ1) is 24.9. The van der Waals surface area contributed by atoms with E-state index >= 15 is 0 Å². The fraction of sp³-hybridized carbons (Fsp3) is 0.400. The van der Waals surface area contributed by atoms with Gasteiger partial charge in [0, 0.05) is 24.7 Å². The number of carbonyl (C=O) groups is 2. The second-order valence-electron chi connectivity index (χ2n) is 8.57. The molecule has 3 heterocycles. The molecule has 4 rings (SSSR count). The molecule has 0 spiro atoms. The molecule has 2 aromatic heterocycles. The van der Waals surface area contributed by atoms with E-state index in [-0.39, 0.29) is 23.8 Å². The van der Waals surface area contributed by atoms with Crippen molar-refractivity contribution < 1.29 is 14.3 Å². The van der Waals surface area contributed by atoms with Gasteiger partial charge in [-0.1, -0.05) is 36.3 Å². The van der Waals surface area contributed by atoms with Crippen LogP contribution in [0.3, 0.4) is 0 Å². The Kier molecular flexibility index (Phi) is 7.36. The van der Waals surface area contributed by atoms with E-state index in [4.69, 9.17) is 10.5 Å². The number of rotatable bonds is 7. The molecule has 1 saturated heterocycles. The van der Waals surface area contributed by atoms with Crippen LogP contribution in [0, 0.1) is 11.8 Å². The summed E-state index contributed by atoms with van der Waals surface area (Å²) in [5.41, 5.74) is 5.15. The van der Waals surface area contributed by atoms with Crippen molar-refractivity contribution in [3.05, 3.63) is 56.7 Å². The first-order valence-electron chi connectivity index (χ1n) is 11.6. The van der Waals surface area contributed by atoms with Crippen molar-refractivity contribution in [3.8, 4) is 11.8 Å². The van der Waals surface area contributed by atoms with Gasteiger partial charge in [-0.05, 0) is 19.8 Å². The maximum Gasteiger partial charge on any atom is 0.333 e. The van der Waals surface area contributed by atoms with Gasteiger partial charge >= 0.3 is 11.7 Å². The maximum absolute atomic E-state index is 13.7. The van der Waals surface area contributed by atoms with Gasteiger partial charge in [0.15, 0.2) is 16.9 Å². The fourth-order valence-electron chi connectivity index (χ4n) is 4.35. The fourth-order valence-corrected chi connectivity index (χ4v) is 4.35. The molecular weight excluding hydrogens is 464 g/mol. The minimum atomic E-state index is -0.824. The summed E-state index contributed by atoms with van der Waals surface area (Å²) in [6.45, 7) is 2.03. The summed E-state index contributed by atoms with van der Waals surface area (Å²) >= 11 is 0. The van der Waals surface area contributed by atoms with Crippen LogP contribution < -0.4 is 21.9 Å². The molecule has 188 valence electrons. The lowest BCUT2D eigenvalue weighted by molar-refractivity contribution is -0.141. The summed E-state index contributed by atoms with van der Waals surface area (Å²) in [6, 6.07) is 8.31. The van der Waals surface area contributed by atoms with Crippen LogP contribution in [0.5, 0.6) is 0 Å². The number of nitrogens with two attached hydrogens (primary N) is 1. The molecule has 1 aromatic carbocycles. The molecular formula is C25H28N6O5. The van der Waals surface area contributed by atoms with Gasteiger partial charge in [0.25, 0.3) is 5.56 Å². The first-order valence-corrected chi connectivity index (χ1v) is 11.6. The highest BCUT2D eigenvalue weighted by molar-refractivity contribution is 5.96. The number of ketones is 1. The molecule has 0 bridgehead atoms. The van der Waals surface area contributed by atoms with Gasteiger partial charge < -0.3 is 15.4 Å². The van der Waals surface area contributed by atoms with E-state index in [1.54, 1.807) is 41.8 Å². The monoisotopic (exact) mass is 492 g/mol. The summed E-state index contributed by atoms with van der Waals surface area (Å²) < 4.78 is 8.31. The summed E-state index contributed by atoms with van der Waals surface area (Å²) in [6.07, 6.45) is 1.71. The Balaban J connectivity index is 1.96. The predicted molar refractivity (Wildman–Crippen MR) is 134 cm³/mol. The van der Waals surface area contributed by atoms with E-state index in [2.05, 4.69) is 16.8 Å². The van der Waals surface area contributed by atoms with Crippen molar-refractivity contribution in [2.75, 3.05) is 25.1 Å². The van der Waals surface area contributed by atoms with E-state index in [0.29, 0.717) is 24.6 Å². The number of benzene rings is 1. The molecule has 36 heavy (non-hydrogen) atoms. The highest BCUT2D eigenvalue weighted by Gasteiger charge is 2.28. The number of ether oxygens (including phenoxy) is 1. The number of anilines is 1. The standard InChI is InChI=1S/C25H28N6O5/c1-3-4-13-29-21-22(27-24(29)28-12-8-11-18(26)14-28)30(16-20(33)36-2)25(35)31(23(21)34)15-19(32)17-9-6-5-7-10-17/h5-7,9-10,18H,8,11-16,26H2,1-2H3. The van der Waals surface area contributed by atoms with E-state index in [1.807, 2.05) is 4.90 Å². The summed E-state index contributed by atoms with van der Waals surface area (Å²) in [5, 5.41) is 0. The van der Waals surface area contributed by atoms with Gasteiger partial charge in [0.1, 0.15) is 6.54 Å². The minimum Gasteiger partial charge on any atom is -0.468 e. The topological polar surface area (TPSA) is 134 Å². The number of esters is 1. The van der Waals surface area contributed by atoms with Crippen molar-refractivity contribution in [3.63, 3.8) is 0 Å². The van der Waals surface area contributed by atoms with Crippen LogP contribution in [0.2, 0.25) is 0 Å². The molecule has 2 N–H and O–H groups in total. The van der Waals surface area contributed by atoms with Gasteiger partial charge in [-0.3, -0.25) is 28.1 Å². The number of piperidine rings is 1. The number of hydrogen-bond donors (Lipinski definition) is 1. The Labute approximate surface area is 207 Å². The van der Waals surface area contributed by atoms with E-state index in [1.165, 1.54) is 7.11 Å². The van der Waals surface area contributed by atoms with Crippen molar-refractivity contribution >= 4 is 28.9 Å². The van der Waals surface area contributed by atoms with Crippen LogP contribution in [0.15, 0.2) is 39.9 Å². The third kappa shape index (κ3) is 4.81. The van der Waals surface area contributed by atoms with Crippen LogP contribution in [0.1, 0.15) is 30.1 Å². The Morgan fingerprint density at radius 1 is 1.14 bits per heavy atom. The van der Waals surface area contributed by atoms with Crippen molar-refractivity contribution in [1.29, 1.82) is 0 Å². The first-order chi connectivity index (χ1) is 17.3. The maximum atomic E-state index is 13.7. The SMILES string of the molecule is CC#CCn1c(N2CCCC(N)C2)nc2c1c(=O)n(CC(=O)c1ccccc1)c(=O)n2CC(=O)OC. The average molecular weight is 493 g/mol. The summed E-state index contributed by atoms with van der Waals surface area (Å²) in [4.78, 5) is 58.9. The lowest BCUT2D eigenvalue weighted by Crippen LogP contribution is -2.44. The molecule has 1 aliphatic heterocycles. The van der Waals surface area contributed by atoms with Crippen molar-refractivity contribution in [1.82, 2.24) is 18.7 Å². The number of methoxy groups -OCH3 is 1. The Hall–Kier alpha value is -4.17. The number of aromatic nitrogens is 4. The molecule has 0 amide bonds. The minimum absolute atomic E-state index is 0.0332. The molecule has 1 unspecified atom stereocenters. The van der Waals surface area contributed by atoms with Gasteiger partial charge in [-0.2, -0.15) is 4.98 Å². The number of hydrogen-bond acceptors (Lipinski definition) is 8. The highest BCUT2D eigenvalue weighted by atomic mass is 16.5.